The quantitative estimate of drug-likeness (QED) is 0.899. The number of alkyl halides is 3. The van der Waals surface area contributed by atoms with Crippen molar-refractivity contribution in [3.63, 3.8) is 0 Å². The van der Waals surface area contributed by atoms with Gasteiger partial charge in [0.15, 0.2) is 0 Å². The molecule has 0 bridgehead atoms. The summed E-state index contributed by atoms with van der Waals surface area (Å²) in [4.78, 5) is 3.56. The van der Waals surface area contributed by atoms with Crippen LogP contribution in [-0.2, 0) is 6.18 Å². The van der Waals surface area contributed by atoms with Crippen molar-refractivity contribution in [3.8, 4) is 5.75 Å². The standard InChI is InChI=1S/C12H13F3N2O/c13-12(14,15)7-1-8(3-16-2-7)18-6-11-9-4-17-5-10(9)11/h1-3,9-11,17H,4-6H2. The number of piperidine rings is 1. The SMILES string of the molecule is FC(F)(F)c1cncc(OCC2C3CNCC32)c1. The second kappa shape index (κ2) is 4.12. The Morgan fingerprint density at radius 2 is 2.00 bits per heavy atom. The lowest BCUT2D eigenvalue weighted by atomic mass is 10.2. The van der Waals surface area contributed by atoms with Gasteiger partial charge in [-0.15, -0.1) is 0 Å². The van der Waals surface area contributed by atoms with Gasteiger partial charge in [-0.1, -0.05) is 0 Å². The average molecular weight is 258 g/mol. The summed E-state index contributed by atoms with van der Waals surface area (Å²) in [5.74, 6) is 1.97. The van der Waals surface area contributed by atoms with Gasteiger partial charge in [0.1, 0.15) is 5.75 Å². The van der Waals surface area contributed by atoms with Crippen LogP contribution in [0.25, 0.3) is 0 Å². The second-order valence-corrected chi connectivity index (χ2v) is 4.87. The number of rotatable bonds is 3. The Balaban J connectivity index is 1.60. The molecular weight excluding hydrogens is 245 g/mol. The van der Waals surface area contributed by atoms with E-state index >= 15 is 0 Å². The normalized spacial score (nSPS) is 30.1. The highest BCUT2D eigenvalue weighted by Gasteiger charge is 2.53. The lowest BCUT2D eigenvalue weighted by Crippen LogP contribution is -2.17. The van der Waals surface area contributed by atoms with Gasteiger partial charge in [-0.05, 0) is 31.0 Å². The first-order valence-electron chi connectivity index (χ1n) is 5.91. The van der Waals surface area contributed by atoms with Gasteiger partial charge in [-0.2, -0.15) is 13.2 Å². The zero-order valence-electron chi connectivity index (χ0n) is 9.57. The van der Waals surface area contributed by atoms with E-state index in [2.05, 4.69) is 10.3 Å². The predicted octanol–water partition coefficient (Wildman–Crippen LogP) is 1.94. The summed E-state index contributed by atoms with van der Waals surface area (Å²) >= 11 is 0. The highest BCUT2D eigenvalue weighted by atomic mass is 19.4. The molecule has 1 N–H and O–H groups in total. The molecule has 18 heavy (non-hydrogen) atoms. The fourth-order valence-corrected chi connectivity index (χ4v) is 2.64. The maximum absolute atomic E-state index is 12.5. The number of pyridine rings is 1. The first-order chi connectivity index (χ1) is 8.55. The first kappa shape index (κ1) is 11.8. The number of fused-ring (bicyclic) bond motifs is 1. The molecule has 0 amide bonds. The molecule has 0 radical (unpaired) electrons. The van der Waals surface area contributed by atoms with Gasteiger partial charge in [-0.25, -0.2) is 0 Å². The number of nitrogens with zero attached hydrogens (tertiary/aromatic N) is 1. The minimum atomic E-state index is -4.37. The van der Waals surface area contributed by atoms with E-state index < -0.39 is 11.7 Å². The maximum Gasteiger partial charge on any atom is 0.418 e. The molecule has 0 spiro atoms. The number of halogens is 3. The van der Waals surface area contributed by atoms with Crippen LogP contribution < -0.4 is 10.1 Å². The third kappa shape index (κ3) is 2.16. The molecule has 3 rings (SSSR count). The minimum absolute atomic E-state index is 0.197. The average Bonchev–Trinajstić information content (AvgIpc) is 2.77. The van der Waals surface area contributed by atoms with E-state index in [1.54, 1.807) is 0 Å². The summed E-state index contributed by atoms with van der Waals surface area (Å²) < 4.78 is 42.8. The molecule has 2 fully saturated rings. The van der Waals surface area contributed by atoms with Crippen molar-refractivity contribution >= 4 is 0 Å². The van der Waals surface area contributed by atoms with Crippen LogP contribution in [0, 0.1) is 17.8 Å². The lowest BCUT2D eigenvalue weighted by molar-refractivity contribution is -0.137. The van der Waals surface area contributed by atoms with Crippen molar-refractivity contribution < 1.29 is 17.9 Å². The smallest absolute Gasteiger partial charge is 0.418 e. The maximum atomic E-state index is 12.5. The Morgan fingerprint density at radius 3 is 2.67 bits per heavy atom. The summed E-state index contributed by atoms with van der Waals surface area (Å²) in [5, 5.41) is 3.26. The number of ether oxygens (including phenoxy) is 1. The van der Waals surface area contributed by atoms with Crippen molar-refractivity contribution in [2.75, 3.05) is 19.7 Å². The monoisotopic (exact) mass is 258 g/mol. The van der Waals surface area contributed by atoms with Crippen molar-refractivity contribution in [1.82, 2.24) is 10.3 Å². The van der Waals surface area contributed by atoms with Gasteiger partial charge in [-0.3, -0.25) is 4.98 Å². The van der Waals surface area contributed by atoms with Gasteiger partial charge < -0.3 is 10.1 Å². The van der Waals surface area contributed by atoms with Crippen LogP contribution in [0.15, 0.2) is 18.5 Å². The third-order valence-corrected chi connectivity index (χ3v) is 3.75. The number of hydrogen-bond donors (Lipinski definition) is 1. The Morgan fingerprint density at radius 1 is 1.28 bits per heavy atom. The fraction of sp³-hybridized carbons (Fsp3) is 0.583. The van der Waals surface area contributed by atoms with Crippen LogP contribution in [0.4, 0.5) is 13.2 Å². The van der Waals surface area contributed by atoms with Crippen molar-refractivity contribution in [3.05, 3.63) is 24.0 Å². The van der Waals surface area contributed by atoms with Crippen molar-refractivity contribution in [2.24, 2.45) is 17.8 Å². The van der Waals surface area contributed by atoms with Crippen LogP contribution in [-0.4, -0.2) is 24.7 Å². The fourth-order valence-electron chi connectivity index (χ4n) is 2.64. The molecule has 1 saturated heterocycles. The molecule has 2 aliphatic rings. The number of aromatic nitrogens is 1. The molecule has 6 heteroatoms. The topological polar surface area (TPSA) is 34.1 Å². The van der Waals surface area contributed by atoms with Gasteiger partial charge in [0, 0.05) is 12.1 Å². The Labute approximate surface area is 102 Å². The van der Waals surface area contributed by atoms with Crippen LogP contribution in [0.2, 0.25) is 0 Å². The van der Waals surface area contributed by atoms with Gasteiger partial charge >= 0.3 is 6.18 Å². The lowest BCUT2D eigenvalue weighted by Gasteiger charge is -2.10. The van der Waals surface area contributed by atoms with Crippen LogP contribution in [0.3, 0.4) is 0 Å². The molecule has 2 heterocycles. The van der Waals surface area contributed by atoms with E-state index in [1.165, 1.54) is 6.20 Å². The third-order valence-electron chi connectivity index (χ3n) is 3.75. The Kier molecular flexibility index (Phi) is 2.69. The second-order valence-electron chi connectivity index (χ2n) is 4.87. The summed E-state index contributed by atoms with van der Waals surface area (Å²) in [5.41, 5.74) is -0.766. The molecule has 1 aromatic rings. The molecule has 1 aromatic heterocycles. The number of nitrogens with one attached hydrogen (secondary N) is 1. The van der Waals surface area contributed by atoms with E-state index in [0.29, 0.717) is 24.4 Å². The Hall–Kier alpha value is -1.30. The van der Waals surface area contributed by atoms with E-state index in [1.807, 2.05) is 0 Å². The van der Waals surface area contributed by atoms with Crippen LogP contribution in [0.1, 0.15) is 5.56 Å². The molecule has 2 atom stereocenters. The number of hydrogen-bond acceptors (Lipinski definition) is 3. The zero-order chi connectivity index (χ0) is 12.8. The molecule has 1 aliphatic heterocycles. The molecular formula is C12H13F3N2O. The van der Waals surface area contributed by atoms with E-state index in [9.17, 15) is 13.2 Å². The largest absolute Gasteiger partial charge is 0.492 e. The Bertz CT molecular complexity index is 439. The highest BCUT2D eigenvalue weighted by molar-refractivity contribution is 5.25. The molecule has 98 valence electrons. The minimum Gasteiger partial charge on any atom is -0.492 e. The first-order valence-corrected chi connectivity index (χ1v) is 5.91. The molecule has 0 aromatic carbocycles. The summed E-state index contributed by atoms with van der Waals surface area (Å²) in [6.45, 7) is 2.49. The molecule has 1 aliphatic carbocycles. The van der Waals surface area contributed by atoms with Gasteiger partial charge in [0.25, 0.3) is 0 Å². The molecule has 3 nitrogen and oxygen atoms in total. The summed E-state index contributed by atoms with van der Waals surface area (Å²) in [6.07, 6.45) is -2.24. The van der Waals surface area contributed by atoms with E-state index in [-0.39, 0.29) is 5.75 Å². The highest BCUT2D eigenvalue weighted by Crippen LogP contribution is 2.48. The van der Waals surface area contributed by atoms with Crippen LogP contribution in [0.5, 0.6) is 5.75 Å². The summed E-state index contributed by atoms with van der Waals surface area (Å²) in [6, 6.07) is 1.00. The van der Waals surface area contributed by atoms with Crippen molar-refractivity contribution in [2.45, 2.75) is 6.18 Å². The van der Waals surface area contributed by atoms with E-state index in [0.717, 1.165) is 25.4 Å². The summed E-state index contributed by atoms with van der Waals surface area (Å²) in [7, 11) is 0. The van der Waals surface area contributed by atoms with E-state index in [4.69, 9.17) is 4.74 Å². The van der Waals surface area contributed by atoms with Gasteiger partial charge in [0.2, 0.25) is 0 Å². The van der Waals surface area contributed by atoms with Crippen LogP contribution >= 0.6 is 0 Å². The van der Waals surface area contributed by atoms with Crippen molar-refractivity contribution in [1.29, 1.82) is 0 Å². The zero-order valence-corrected chi connectivity index (χ0v) is 9.57. The molecule has 2 unspecified atom stereocenters. The molecule has 1 saturated carbocycles. The predicted molar refractivity (Wildman–Crippen MR) is 58.1 cm³/mol. The van der Waals surface area contributed by atoms with Gasteiger partial charge in [0.05, 0.1) is 18.4 Å².